The van der Waals surface area contributed by atoms with Crippen LogP contribution in [0.5, 0.6) is 0 Å². The number of nitrogens with two attached hydrogens (primary N) is 1. The van der Waals surface area contributed by atoms with E-state index >= 15 is 0 Å². The van der Waals surface area contributed by atoms with E-state index < -0.39 is 0 Å². The van der Waals surface area contributed by atoms with E-state index in [1.54, 1.807) is 0 Å². The Bertz CT molecular complexity index is 454. The number of aromatic nitrogens is 2. The van der Waals surface area contributed by atoms with E-state index in [4.69, 9.17) is 17.3 Å². The van der Waals surface area contributed by atoms with Crippen LogP contribution >= 0.6 is 11.6 Å². The highest BCUT2D eigenvalue weighted by Crippen LogP contribution is 2.51. The molecule has 0 aliphatic heterocycles. The first-order valence-corrected chi connectivity index (χ1v) is 6.84. The van der Waals surface area contributed by atoms with Gasteiger partial charge in [0, 0.05) is 19.0 Å². The molecule has 4 heteroatoms. The second kappa shape index (κ2) is 3.72. The van der Waals surface area contributed by atoms with Crippen molar-refractivity contribution in [2.75, 3.05) is 0 Å². The third-order valence-corrected chi connectivity index (χ3v) is 5.27. The van der Waals surface area contributed by atoms with Gasteiger partial charge in [-0.1, -0.05) is 18.0 Å². The van der Waals surface area contributed by atoms with Crippen LogP contribution in [0.3, 0.4) is 0 Å². The molecule has 2 aliphatic carbocycles. The Morgan fingerprint density at radius 1 is 1.53 bits per heavy atom. The molecular weight excluding hydrogens is 234 g/mol. The Balaban J connectivity index is 1.87. The molecule has 3 rings (SSSR count). The van der Waals surface area contributed by atoms with E-state index in [0.29, 0.717) is 5.92 Å². The van der Waals surface area contributed by atoms with Gasteiger partial charge in [-0.25, -0.2) is 0 Å². The van der Waals surface area contributed by atoms with Gasteiger partial charge < -0.3 is 5.73 Å². The summed E-state index contributed by atoms with van der Waals surface area (Å²) < 4.78 is 1.90. The van der Waals surface area contributed by atoms with Gasteiger partial charge in [0.1, 0.15) is 0 Å². The fraction of sp³-hybridized carbons (Fsp3) is 0.769. The van der Waals surface area contributed by atoms with Crippen molar-refractivity contribution in [3.8, 4) is 0 Å². The van der Waals surface area contributed by atoms with Gasteiger partial charge in [0.25, 0.3) is 0 Å². The molecule has 17 heavy (non-hydrogen) atoms. The molecular formula is C13H20ClN3. The summed E-state index contributed by atoms with van der Waals surface area (Å²) in [4.78, 5) is 0. The highest BCUT2D eigenvalue weighted by Gasteiger charge is 2.48. The Morgan fingerprint density at radius 3 is 2.76 bits per heavy atom. The molecule has 2 aliphatic rings. The summed E-state index contributed by atoms with van der Waals surface area (Å²) in [5.41, 5.74) is 8.61. The molecule has 2 fully saturated rings. The van der Waals surface area contributed by atoms with Crippen molar-refractivity contribution >= 4 is 11.6 Å². The van der Waals surface area contributed by atoms with Gasteiger partial charge in [-0.15, -0.1) is 0 Å². The molecule has 3 nitrogen and oxygen atoms in total. The minimum absolute atomic E-state index is 0.0349. The van der Waals surface area contributed by atoms with Gasteiger partial charge in [0.2, 0.25) is 0 Å². The summed E-state index contributed by atoms with van der Waals surface area (Å²) in [6, 6.07) is 0. The molecule has 1 aromatic heterocycles. The van der Waals surface area contributed by atoms with Crippen molar-refractivity contribution in [2.45, 2.75) is 44.6 Å². The summed E-state index contributed by atoms with van der Waals surface area (Å²) in [5, 5.41) is 5.18. The Hall–Kier alpha value is -0.540. The molecule has 0 amide bonds. The second-order valence-electron chi connectivity index (χ2n) is 5.96. The molecule has 1 heterocycles. The fourth-order valence-electron chi connectivity index (χ4n) is 3.89. The van der Waals surface area contributed by atoms with Crippen molar-refractivity contribution in [3.05, 3.63) is 16.4 Å². The predicted octanol–water partition coefficient (Wildman–Crippen LogP) is 2.44. The van der Waals surface area contributed by atoms with Gasteiger partial charge >= 0.3 is 0 Å². The SMILES string of the molecule is Cc1nn(C)c(CC2(N)CC3CCC2C3)c1Cl. The van der Waals surface area contributed by atoms with Crippen molar-refractivity contribution in [1.29, 1.82) is 0 Å². The van der Waals surface area contributed by atoms with Crippen LogP contribution in [-0.2, 0) is 13.5 Å². The lowest BCUT2D eigenvalue weighted by Gasteiger charge is -2.34. The maximum atomic E-state index is 6.62. The van der Waals surface area contributed by atoms with Crippen LogP contribution in [0.1, 0.15) is 37.1 Å². The highest BCUT2D eigenvalue weighted by molar-refractivity contribution is 6.31. The first-order chi connectivity index (χ1) is 7.99. The zero-order chi connectivity index (χ0) is 12.2. The predicted molar refractivity (Wildman–Crippen MR) is 69.0 cm³/mol. The van der Waals surface area contributed by atoms with Crippen molar-refractivity contribution in [2.24, 2.45) is 24.6 Å². The third-order valence-electron chi connectivity index (χ3n) is 4.78. The van der Waals surface area contributed by atoms with Crippen LogP contribution in [0.2, 0.25) is 5.02 Å². The van der Waals surface area contributed by atoms with Gasteiger partial charge in [-0.3, -0.25) is 4.68 Å². The van der Waals surface area contributed by atoms with Crippen molar-refractivity contribution in [3.63, 3.8) is 0 Å². The molecule has 1 aromatic rings. The summed E-state index contributed by atoms with van der Waals surface area (Å²) in [7, 11) is 1.96. The van der Waals surface area contributed by atoms with Crippen LogP contribution in [0.25, 0.3) is 0 Å². The van der Waals surface area contributed by atoms with Gasteiger partial charge in [-0.2, -0.15) is 5.10 Å². The number of rotatable bonds is 2. The molecule has 2 N–H and O–H groups in total. The Morgan fingerprint density at radius 2 is 2.29 bits per heavy atom. The number of nitrogens with zero attached hydrogens (tertiary/aromatic N) is 2. The number of aryl methyl sites for hydroxylation is 2. The van der Waals surface area contributed by atoms with Crippen LogP contribution in [-0.4, -0.2) is 15.3 Å². The number of halogens is 1. The molecule has 94 valence electrons. The molecule has 0 radical (unpaired) electrons. The van der Waals surface area contributed by atoms with E-state index in [1.807, 2.05) is 18.7 Å². The number of hydrogen-bond donors (Lipinski definition) is 1. The van der Waals surface area contributed by atoms with Crippen molar-refractivity contribution < 1.29 is 0 Å². The average Bonchev–Trinajstić information content (AvgIpc) is 2.89. The maximum absolute atomic E-state index is 6.62. The van der Waals surface area contributed by atoms with Crippen LogP contribution < -0.4 is 5.73 Å². The first-order valence-electron chi connectivity index (χ1n) is 6.46. The smallest absolute Gasteiger partial charge is 0.0847 e. The zero-order valence-corrected chi connectivity index (χ0v) is 11.3. The van der Waals surface area contributed by atoms with Crippen molar-refractivity contribution in [1.82, 2.24) is 9.78 Å². The maximum Gasteiger partial charge on any atom is 0.0847 e. The molecule has 2 bridgehead atoms. The van der Waals surface area contributed by atoms with E-state index in [2.05, 4.69) is 5.10 Å². The van der Waals surface area contributed by atoms with Crippen LogP contribution in [0, 0.1) is 18.8 Å². The lowest BCUT2D eigenvalue weighted by atomic mass is 9.78. The minimum atomic E-state index is -0.0349. The summed E-state index contributed by atoms with van der Waals surface area (Å²) in [6.07, 6.45) is 6.05. The van der Waals surface area contributed by atoms with Gasteiger partial charge in [0.05, 0.1) is 16.4 Å². The number of hydrogen-bond acceptors (Lipinski definition) is 2. The lowest BCUT2D eigenvalue weighted by molar-refractivity contribution is 0.265. The highest BCUT2D eigenvalue weighted by atomic mass is 35.5. The van der Waals surface area contributed by atoms with E-state index in [9.17, 15) is 0 Å². The fourth-order valence-corrected chi connectivity index (χ4v) is 4.11. The molecule has 3 atom stereocenters. The van der Waals surface area contributed by atoms with E-state index in [1.165, 1.54) is 19.3 Å². The standard InChI is InChI=1S/C13H20ClN3/c1-8-12(14)11(17(2)16-8)7-13(15)6-9-3-4-10(13)5-9/h9-10H,3-7,15H2,1-2H3. The Kier molecular flexibility index (Phi) is 2.53. The first kappa shape index (κ1) is 11.5. The molecule has 0 spiro atoms. The normalized spacial score (nSPS) is 35.8. The Labute approximate surface area is 107 Å². The van der Waals surface area contributed by atoms with Gasteiger partial charge in [-0.05, 0) is 38.0 Å². The van der Waals surface area contributed by atoms with E-state index in [0.717, 1.165) is 35.2 Å². The molecule has 2 saturated carbocycles. The van der Waals surface area contributed by atoms with Crippen LogP contribution in [0.4, 0.5) is 0 Å². The summed E-state index contributed by atoms with van der Waals surface area (Å²) in [5.74, 6) is 1.55. The van der Waals surface area contributed by atoms with Crippen LogP contribution in [0.15, 0.2) is 0 Å². The van der Waals surface area contributed by atoms with E-state index in [-0.39, 0.29) is 5.54 Å². The molecule has 0 saturated heterocycles. The topological polar surface area (TPSA) is 43.8 Å². The average molecular weight is 254 g/mol. The lowest BCUT2D eigenvalue weighted by Crippen LogP contribution is -2.47. The zero-order valence-electron chi connectivity index (χ0n) is 10.5. The largest absolute Gasteiger partial charge is 0.324 e. The molecule has 0 aromatic carbocycles. The third kappa shape index (κ3) is 1.71. The quantitative estimate of drug-likeness (QED) is 0.880. The van der Waals surface area contributed by atoms with Gasteiger partial charge in [0.15, 0.2) is 0 Å². The number of fused-ring (bicyclic) bond motifs is 2. The minimum Gasteiger partial charge on any atom is -0.324 e. The summed E-state index contributed by atoms with van der Waals surface area (Å²) >= 11 is 6.32. The molecule has 3 unspecified atom stereocenters. The second-order valence-corrected chi connectivity index (χ2v) is 6.34. The summed E-state index contributed by atoms with van der Waals surface area (Å²) in [6.45, 7) is 1.95. The monoisotopic (exact) mass is 253 g/mol.